The fraction of sp³-hybridized carbons (Fsp3) is 0.729. The van der Waals surface area contributed by atoms with Gasteiger partial charge in [0.2, 0.25) is 11.8 Å². The Morgan fingerprint density at radius 2 is 0.985 bits per heavy atom. The van der Waals surface area contributed by atoms with Crippen LogP contribution in [0.3, 0.4) is 0 Å². The first-order valence-corrected chi connectivity index (χ1v) is 21.5. The molecule has 0 saturated heterocycles. The largest absolute Gasteiger partial charge is 0.481 e. The minimum absolute atomic E-state index is 0. The van der Waals surface area contributed by atoms with E-state index in [1.54, 1.807) is 0 Å². The van der Waals surface area contributed by atoms with E-state index >= 15 is 0 Å². The van der Waals surface area contributed by atoms with Crippen molar-refractivity contribution < 1.29 is 83.4 Å². The van der Waals surface area contributed by atoms with Crippen LogP contribution in [0.4, 0.5) is 0 Å². The number of carbonyl (C=O) groups excluding carboxylic acids is 12. The summed E-state index contributed by atoms with van der Waals surface area (Å²) in [6.07, 6.45) is -1.52. The van der Waals surface area contributed by atoms with Crippen LogP contribution in [0.5, 0.6) is 0 Å². The number of hydrogen-bond acceptors (Lipinski definition) is 16. The molecule has 0 aromatic carbocycles. The van der Waals surface area contributed by atoms with Gasteiger partial charge < -0.3 is 44.7 Å². The molecule has 19 nitrogen and oxygen atoms in total. The predicted octanol–water partition coefficient (Wildman–Crippen LogP) is 4.59. The zero-order valence-corrected chi connectivity index (χ0v) is 38.3. The highest BCUT2D eigenvalue weighted by Gasteiger charge is 2.29. The van der Waals surface area contributed by atoms with Crippen molar-refractivity contribution in [2.75, 3.05) is 33.0 Å². The Bertz CT molecular complexity index is 1600. The van der Waals surface area contributed by atoms with Gasteiger partial charge in [-0.3, -0.25) is 47.9 Å². The van der Waals surface area contributed by atoms with Crippen LogP contribution < -0.4 is 10.6 Å². The van der Waals surface area contributed by atoms with Gasteiger partial charge in [0.15, 0.2) is 5.78 Å². The van der Waals surface area contributed by atoms with Crippen molar-refractivity contribution in [3.8, 4) is 0 Å². The molecule has 67 heavy (non-hydrogen) atoms. The molecule has 2 amide bonds. The Labute approximate surface area is 398 Å². The van der Waals surface area contributed by atoms with Gasteiger partial charge in [0.1, 0.15) is 65.6 Å². The van der Waals surface area contributed by atoms with E-state index in [1.807, 2.05) is 6.79 Å². The number of aliphatic hydroxyl groups excluding tert-OH is 1. The summed E-state index contributed by atoms with van der Waals surface area (Å²) in [7, 11) is 0. The zero-order chi connectivity index (χ0) is 49.4. The summed E-state index contributed by atoms with van der Waals surface area (Å²) in [5.74, 6) is -8.98. The first-order chi connectivity index (χ1) is 30.0. The molecule has 6 atom stereocenters. The Balaban J connectivity index is -0.00000158. The van der Waals surface area contributed by atoms with E-state index in [1.165, 1.54) is 41.5 Å². The summed E-state index contributed by atoms with van der Waals surface area (Å²) in [5.41, 5.74) is 0. The molecule has 0 heterocycles. The maximum atomic E-state index is 13.3. The number of aliphatic carboxylic acids is 1. The number of nitrogens with one attached hydrogen (secondary N) is 2. The maximum Gasteiger partial charge on any atom is 0.314 e. The van der Waals surface area contributed by atoms with Crippen molar-refractivity contribution in [3.05, 3.63) is 0 Å². The Morgan fingerprint density at radius 1 is 0.537 bits per heavy atom. The van der Waals surface area contributed by atoms with Crippen molar-refractivity contribution in [1.82, 2.24) is 10.6 Å². The number of aliphatic hydroxyl groups is 1. The third kappa shape index (κ3) is 36.8. The number of carboxylic acids is 1. The molecular formula is C48H84N2O17. The second kappa shape index (κ2) is 41.2. The topological polar surface area (TPSA) is 305 Å². The van der Waals surface area contributed by atoms with Crippen LogP contribution in [0.15, 0.2) is 0 Å². The lowest BCUT2D eigenvalue weighted by molar-refractivity contribution is -0.147. The fourth-order valence-electron chi connectivity index (χ4n) is 6.39. The monoisotopic (exact) mass is 961 g/mol. The van der Waals surface area contributed by atoms with Crippen LogP contribution in [0.1, 0.15) is 162 Å². The predicted molar refractivity (Wildman–Crippen MR) is 252 cm³/mol. The SMILES string of the molecule is C.C.C.C=O.CC(=O)CCC(CC(=O)CCC(NC(=O)COCCOCCNC(=O)CCC(CC(=O)CCC(C(=O)O)C(=O)CCC(C)O)C(C)=O)C(=O)CC(CCC(C)=O)C(C)=O)C(C)=O.[HH]. The van der Waals surface area contributed by atoms with Gasteiger partial charge in [-0.1, -0.05) is 22.3 Å². The number of Topliss-reactive ketones (excluding diaryl/α,β-unsaturated/α-hetero) is 9. The van der Waals surface area contributed by atoms with Gasteiger partial charge in [0.05, 0.1) is 32.0 Å². The zero-order valence-electron chi connectivity index (χ0n) is 38.3. The average Bonchev–Trinajstić information content (AvgIpc) is 3.21. The third-order valence-corrected chi connectivity index (χ3v) is 10.3. The standard InChI is InChI=1S/C44H68N2O16.CH2O.3CH4.H2/c1-27(47)7-10-33(30(4)50)23-37(54)14-16-39(41(56)25-35(32(6)52)11-8-28(2)48)46-43(58)26-62-22-21-61-20-19-45-42(57)18-12-34(31(5)51)24-36(53)13-15-38(44(59)60)40(55)17-9-29(3)49;1-2;;;;/h29,33-35,38-39,49H,7-26H2,1-6H3,(H,45,57)(H,46,58)(H,59,60);1H2;3*1H4;1H. The minimum Gasteiger partial charge on any atom is -0.481 e. The maximum absolute atomic E-state index is 13.3. The summed E-state index contributed by atoms with van der Waals surface area (Å²) in [6.45, 7) is 9.85. The van der Waals surface area contributed by atoms with E-state index in [4.69, 9.17) is 14.3 Å². The first kappa shape index (κ1) is 71.0. The van der Waals surface area contributed by atoms with Crippen LogP contribution in [0, 0.1) is 23.7 Å². The highest BCUT2D eigenvalue weighted by molar-refractivity contribution is 5.99. The van der Waals surface area contributed by atoms with E-state index in [0.717, 1.165) is 0 Å². The molecule has 0 spiro atoms. The van der Waals surface area contributed by atoms with Gasteiger partial charge in [-0.05, 0) is 80.1 Å². The number of ketones is 9. The number of ether oxygens (including phenoxy) is 2. The van der Waals surface area contributed by atoms with Crippen LogP contribution >= 0.6 is 0 Å². The highest BCUT2D eigenvalue weighted by atomic mass is 16.5. The van der Waals surface area contributed by atoms with Crippen LogP contribution in [-0.2, 0) is 71.8 Å². The van der Waals surface area contributed by atoms with Crippen molar-refractivity contribution in [2.45, 2.75) is 172 Å². The molecule has 0 rings (SSSR count). The average molecular weight is 961 g/mol. The number of hydrogen-bond donors (Lipinski definition) is 4. The van der Waals surface area contributed by atoms with Gasteiger partial charge in [0.25, 0.3) is 0 Å². The van der Waals surface area contributed by atoms with Gasteiger partial charge in [-0.15, -0.1) is 0 Å². The second-order valence-corrected chi connectivity index (χ2v) is 16.1. The number of carboxylic acid groups (broad SMARTS) is 1. The molecule has 6 unspecified atom stereocenters. The molecule has 4 N–H and O–H groups in total. The first-order valence-electron chi connectivity index (χ1n) is 21.5. The summed E-state index contributed by atoms with van der Waals surface area (Å²) in [5, 5.41) is 24.0. The van der Waals surface area contributed by atoms with Crippen molar-refractivity contribution in [1.29, 1.82) is 0 Å². The summed E-state index contributed by atoms with van der Waals surface area (Å²) >= 11 is 0. The number of rotatable bonds is 39. The molecule has 0 aliphatic rings. The van der Waals surface area contributed by atoms with Gasteiger partial charge in [-0.25, -0.2) is 0 Å². The van der Waals surface area contributed by atoms with Gasteiger partial charge in [0, 0.05) is 83.5 Å². The van der Waals surface area contributed by atoms with E-state index in [0.29, 0.717) is 0 Å². The minimum atomic E-state index is -1.40. The lowest BCUT2D eigenvalue weighted by Crippen LogP contribution is -2.44. The molecule has 0 aliphatic heterocycles. The highest BCUT2D eigenvalue weighted by Crippen LogP contribution is 2.20. The summed E-state index contributed by atoms with van der Waals surface area (Å²) in [4.78, 5) is 155. The Morgan fingerprint density at radius 3 is 1.43 bits per heavy atom. The molecule has 388 valence electrons. The van der Waals surface area contributed by atoms with Crippen molar-refractivity contribution in [3.63, 3.8) is 0 Å². The molecule has 0 bridgehead atoms. The Kier molecular flexibility index (Phi) is 43.7. The van der Waals surface area contributed by atoms with E-state index < -0.39 is 77.6 Å². The van der Waals surface area contributed by atoms with Gasteiger partial charge >= 0.3 is 5.97 Å². The molecule has 0 aliphatic carbocycles. The van der Waals surface area contributed by atoms with Crippen LogP contribution in [-0.4, -0.2) is 132 Å². The lowest BCUT2D eigenvalue weighted by atomic mass is 9.88. The normalized spacial score (nSPS) is 13.0. The van der Waals surface area contributed by atoms with Gasteiger partial charge in [-0.2, -0.15) is 0 Å². The molecular weight excluding hydrogens is 877 g/mol. The Hall–Kier alpha value is -5.01. The molecule has 0 fully saturated rings. The summed E-state index contributed by atoms with van der Waals surface area (Å²) < 4.78 is 10.8. The van der Waals surface area contributed by atoms with Crippen LogP contribution in [0.25, 0.3) is 0 Å². The lowest BCUT2D eigenvalue weighted by Gasteiger charge is -2.21. The molecule has 0 saturated carbocycles. The molecule has 0 aromatic heterocycles. The third-order valence-electron chi connectivity index (χ3n) is 10.3. The molecule has 0 aromatic rings. The van der Waals surface area contributed by atoms with E-state index in [2.05, 4.69) is 10.6 Å². The molecule has 0 radical (unpaired) electrons. The quantitative estimate of drug-likeness (QED) is 0.0483. The smallest absolute Gasteiger partial charge is 0.314 e. The number of carbonyl (C=O) groups is 13. The summed E-state index contributed by atoms with van der Waals surface area (Å²) in [6, 6.07) is -1.16. The number of amides is 2. The van der Waals surface area contributed by atoms with Crippen LogP contribution in [0.2, 0.25) is 0 Å². The molecule has 19 heteroatoms. The van der Waals surface area contributed by atoms with E-state index in [9.17, 15) is 67.7 Å². The van der Waals surface area contributed by atoms with Crippen molar-refractivity contribution in [2.24, 2.45) is 23.7 Å². The van der Waals surface area contributed by atoms with E-state index in [-0.39, 0.29) is 181 Å². The van der Waals surface area contributed by atoms with Crippen molar-refractivity contribution >= 4 is 76.6 Å². The second-order valence-electron chi connectivity index (χ2n) is 16.1. The fourth-order valence-corrected chi connectivity index (χ4v) is 6.39.